The van der Waals surface area contributed by atoms with Crippen molar-refractivity contribution in [2.24, 2.45) is 11.7 Å². The smallest absolute Gasteiger partial charge is 0.0330 e. The average Bonchev–Trinajstić information content (AvgIpc) is 2.69. The van der Waals surface area contributed by atoms with Gasteiger partial charge in [-0.2, -0.15) is 0 Å². The number of nitrogens with one attached hydrogen (secondary N) is 1. The van der Waals surface area contributed by atoms with Crippen LogP contribution >= 0.6 is 0 Å². The summed E-state index contributed by atoms with van der Waals surface area (Å²) in [6.07, 6.45) is 10.8. The Kier molecular flexibility index (Phi) is 6.31. The van der Waals surface area contributed by atoms with E-state index in [0.29, 0.717) is 0 Å². The van der Waals surface area contributed by atoms with Gasteiger partial charge in [0.25, 0.3) is 0 Å². The van der Waals surface area contributed by atoms with Gasteiger partial charge in [0, 0.05) is 24.7 Å². The van der Waals surface area contributed by atoms with Crippen molar-refractivity contribution in [1.29, 1.82) is 0 Å². The van der Waals surface area contributed by atoms with Gasteiger partial charge in [-0.3, -0.25) is 0 Å². The molecule has 1 aliphatic heterocycles. The molecule has 3 heteroatoms. The maximum atomic E-state index is 6.16. The molecule has 0 amide bonds. The summed E-state index contributed by atoms with van der Waals surface area (Å²) < 4.78 is 0. The molecule has 0 atom stereocenters. The monoisotopic (exact) mass is 281 g/mol. The molecule has 1 heterocycles. The lowest BCUT2D eigenvalue weighted by Crippen LogP contribution is -2.60. The van der Waals surface area contributed by atoms with Gasteiger partial charge in [0.2, 0.25) is 0 Å². The van der Waals surface area contributed by atoms with Crippen LogP contribution in [0.25, 0.3) is 0 Å². The van der Waals surface area contributed by atoms with Gasteiger partial charge in [0.1, 0.15) is 0 Å². The van der Waals surface area contributed by atoms with Gasteiger partial charge in [0.15, 0.2) is 0 Å². The molecule has 2 aliphatic rings. The van der Waals surface area contributed by atoms with Crippen molar-refractivity contribution in [2.45, 2.75) is 76.8 Å². The van der Waals surface area contributed by atoms with Crippen molar-refractivity contribution in [1.82, 2.24) is 10.2 Å². The van der Waals surface area contributed by atoms with E-state index in [4.69, 9.17) is 5.73 Å². The minimum atomic E-state index is 0.225. The highest BCUT2D eigenvalue weighted by molar-refractivity contribution is 4.96. The number of nitrogens with two attached hydrogens (primary N) is 1. The third-order valence-corrected chi connectivity index (χ3v) is 5.19. The molecule has 1 saturated heterocycles. The predicted octanol–water partition coefficient (Wildman–Crippen LogP) is 2.75. The van der Waals surface area contributed by atoms with Crippen molar-refractivity contribution in [3.8, 4) is 0 Å². The third kappa shape index (κ3) is 4.71. The summed E-state index contributed by atoms with van der Waals surface area (Å²) in [6.45, 7) is 9.11. The van der Waals surface area contributed by atoms with Crippen molar-refractivity contribution in [2.75, 3.05) is 26.2 Å². The van der Waals surface area contributed by atoms with Crippen LogP contribution in [0.4, 0.5) is 0 Å². The molecule has 2 fully saturated rings. The first kappa shape index (κ1) is 16.3. The maximum absolute atomic E-state index is 6.16. The number of hydrogen-bond acceptors (Lipinski definition) is 3. The lowest BCUT2D eigenvalue weighted by Gasteiger charge is -2.44. The zero-order valence-electron chi connectivity index (χ0n) is 13.7. The predicted molar refractivity (Wildman–Crippen MR) is 86.9 cm³/mol. The van der Waals surface area contributed by atoms with Crippen LogP contribution in [0.2, 0.25) is 0 Å². The Hall–Kier alpha value is -0.120. The van der Waals surface area contributed by atoms with Crippen LogP contribution in [0.5, 0.6) is 0 Å². The number of likely N-dealkylation sites (tertiary alicyclic amines) is 1. The van der Waals surface area contributed by atoms with E-state index in [-0.39, 0.29) is 5.54 Å². The largest absolute Gasteiger partial charge is 0.329 e. The zero-order chi connectivity index (χ0) is 14.4. The van der Waals surface area contributed by atoms with Gasteiger partial charge < -0.3 is 16.0 Å². The molecule has 3 N–H and O–H groups in total. The van der Waals surface area contributed by atoms with Gasteiger partial charge in [0.05, 0.1) is 0 Å². The second-order valence-corrected chi connectivity index (χ2v) is 7.51. The highest BCUT2D eigenvalue weighted by Crippen LogP contribution is 2.26. The summed E-state index contributed by atoms with van der Waals surface area (Å²) in [4.78, 5) is 2.62. The SMILES string of the molecule is CC(C)CN1CCC(CN)(NC2CCCCCC2)CC1. The highest BCUT2D eigenvalue weighted by Gasteiger charge is 2.35. The van der Waals surface area contributed by atoms with Crippen molar-refractivity contribution in [3.63, 3.8) is 0 Å². The molecule has 20 heavy (non-hydrogen) atoms. The van der Waals surface area contributed by atoms with Crippen LogP contribution < -0.4 is 11.1 Å². The summed E-state index contributed by atoms with van der Waals surface area (Å²) in [6, 6.07) is 0.720. The molecule has 0 unspecified atom stereocenters. The van der Waals surface area contributed by atoms with E-state index in [1.807, 2.05) is 0 Å². The summed E-state index contributed by atoms with van der Waals surface area (Å²) >= 11 is 0. The molecular weight excluding hydrogens is 246 g/mol. The van der Waals surface area contributed by atoms with E-state index < -0.39 is 0 Å². The Labute approximate surface area is 125 Å². The molecule has 0 spiro atoms. The second-order valence-electron chi connectivity index (χ2n) is 7.51. The van der Waals surface area contributed by atoms with E-state index in [9.17, 15) is 0 Å². The fraction of sp³-hybridized carbons (Fsp3) is 1.00. The molecule has 0 aromatic carbocycles. The quantitative estimate of drug-likeness (QED) is 0.761. The van der Waals surface area contributed by atoms with E-state index >= 15 is 0 Å². The molecule has 118 valence electrons. The third-order valence-electron chi connectivity index (χ3n) is 5.19. The molecule has 0 bridgehead atoms. The average molecular weight is 281 g/mol. The van der Waals surface area contributed by atoms with E-state index in [2.05, 4.69) is 24.1 Å². The first-order chi connectivity index (χ1) is 9.63. The van der Waals surface area contributed by atoms with Gasteiger partial charge in [-0.25, -0.2) is 0 Å². The summed E-state index contributed by atoms with van der Waals surface area (Å²) in [5.41, 5.74) is 6.38. The van der Waals surface area contributed by atoms with Crippen molar-refractivity contribution in [3.05, 3.63) is 0 Å². The lowest BCUT2D eigenvalue weighted by atomic mass is 9.85. The number of hydrogen-bond donors (Lipinski definition) is 2. The van der Waals surface area contributed by atoms with E-state index in [1.54, 1.807) is 0 Å². The first-order valence-corrected chi connectivity index (χ1v) is 8.84. The number of piperidine rings is 1. The van der Waals surface area contributed by atoms with Crippen molar-refractivity contribution >= 4 is 0 Å². The Bertz CT molecular complexity index is 261. The van der Waals surface area contributed by atoms with Crippen LogP contribution in [0.15, 0.2) is 0 Å². The topological polar surface area (TPSA) is 41.3 Å². The van der Waals surface area contributed by atoms with Crippen LogP contribution in [0.3, 0.4) is 0 Å². The normalized spacial score (nSPS) is 25.8. The maximum Gasteiger partial charge on any atom is 0.0330 e. The second kappa shape index (κ2) is 7.77. The molecule has 0 aromatic rings. The summed E-state index contributed by atoms with van der Waals surface area (Å²) in [5.74, 6) is 0.773. The molecule has 1 saturated carbocycles. The van der Waals surface area contributed by atoms with Gasteiger partial charge in [-0.1, -0.05) is 39.5 Å². The fourth-order valence-electron chi connectivity index (χ4n) is 3.94. The number of nitrogens with zero attached hydrogens (tertiary/aromatic N) is 1. The lowest BCUT2D eigenvalue weighted by molar-refractivity contribution is 0.117. The fourth-order valence-corrected chi connectivity index (χ4v) is 3.94. The highest BCUT2D eigenvalue weighted by atomic mass is 15.2. The van der Waals surface area contributed by atoms with Crippen LogP contribution in [-0.4, -0.2) is 42.7 Å². The Morgan fingerprint density at radius 1 is 1.10 bits per heavy atom. The standard InChI is InChI=1S/C17H35N3/c1-15(2)13-20-11-9-17(14-18,10-12-20)19-16-7-5-3-4-6-8-16/h15-16,19H,3-14,18H2,1-2H3. The van der Waals surface area contributed by atoms with E-state index in [1.165, 1.54) is 71.0 Å². The molecule has 0 radical (unpaired) electrons. The van der Waals surface area contributed by atoms with Crippen LogP contribution in [0, 0.1) is 5.92 Å². The summed E-state index contributed by atoms with van der Waals surface area (Å²) in [7, 11) is 0. The van der Waals surface area contributed by atoms with Crippen molar-refractivity contribution < 1.29 is 0 Å². The molecular formula is C17H35N3. The van der Waals surface area contributed by atoms with E-state index in [0.717, 1.165) is 18.5 Å². The molecule has 1 aliphatic carbocycles. The van der Waals surface area contributed by atoms with Gasteiger partial charge in [-0.15, -0.1) is 0 Å². The van der Waals surface area contributed by atoms with Crippen LogP contribution in [-0.2, 0) is 0 Å². The Balaban J connectivity index is 1.84. The number of rotatable bonds is 5. The Morgan fingerprint density at radius 3 is 2.20 bits per heavy atom. The first-order valence-electron chi connectivity index (χ1n) is 8.84. The summed E-state index contributed by atoms with van der Waals surface area (Å²) in [5, 5.41) is 3.98. The van der Waals surface area contributed by atoms with Gasteiger partial charge >= 0.3 is 0 Å². The van der Waals surface area contributed by atoms with Gasteiger partial charge in [-0.05, 0) is 44.7 Å². The minimum absolute atomic E-state index is 0.225. The Morgan fingerprint density at radius 2 is 1.70 bits per heavy atom. The van der Waals surface area contributed by atoms with Crippen LogP contribution in [0.1, 0.15) is 65.2 Å². The minimum Gasteiger partial charge on any atom is -0.329 e. The molecule has 0 aromatic heterocycles. The molecule has 2 rings (SSSR count). The molecule has 3 nitrogen and oxygen atoms in total. The zero-order valence-corrected chi connectivity index (χ0v) is 13.7.